The predicted molar refractivity (Wildman–Crippen MR) is 134 cm³/mol. The fourth-order valence-corrected chi connectivity index (χ4v) is 4.80. The van der Waals surface area contributed by atoms with E-state index in [4.69, 9.17) is 10.7 Å². The van der Waals surface area contributed by atoms with Gasteiger partial charge in [0.25, 0.3) is 0 Å². The highest BCUT2D eigenvalue weighted by Crippen LogP contribution is 2.38. The topological polar surface area (TPSA) is 62.5 Å². The van der Waals surface area contributed by atoms with E-state index in [1.165, 1.54) is 18.2 Å². The number of aromatic nitrogens is 1. The van der Waals surface area contributed by atoms with Crippen LogP contribution in [0.1, 0.15) is 17.2 Å². The maximum Gasteiger partial charge on any atom is 0.231 e. The van der Waals surface area contributed by atoms with Gasteiger partial charge in [-0.2, -0.15) is 0 Å². The van der Waals surface area contributed by atoms with Crippen molar-refractivity contribution in [2.24, 2.45) is 5.73 Å². The fourth-order valence-electron chi connectivity index (χ4n) is 4.80. The molecule has 0 bridgehead atoms. The van der Waals surface area contributed by atoms with Crippen LogP contribution in [0.3, 0.4) is 0 Å². The lowest BCUT2D eigenvalue weighted by molar-refractivity contribution is -0.118. The van der Waals surface area contributed by atoms with E-state index in [2.05, 4.69) is 16.8 Å². The summed E-state index contributed by atoms with van der Waals surface area (Å²) in [5.74, 6) is -4.53. The Bertz CT molecular complexity index is 1410. The third-order valence-electron chi connectivity index (χ3n) is 6.70. The second kappa shape index (κ2) is 9.62. The zero-order chi connectivity index (χ0) is 25.4. The SMILES string of the molecule is CN1CCN(c2cccc3c(-c4ccc(F)cc4)nc(C(C(N)=O)c4c(F)cccc4F)cc23)CC1. The first-order valence-electron chi connectivity index (χ1n) is 11.7. The maximum atomic E-state index is 14.8. The molecule has 1 aliphatic rings. The molecule has 184 valence electrons. The van der Waals surface area contributed by atoms with Crippen molar-refractivity contribution in [3.8, 4) is 11.3 Å². The molecule has 0 spiro atoms. The number of fused-ring (bicyclic) bond motifs is 1. The molecular weight excluding hydrogens is 465 g/mol. The van der Waals surface area contributed by atoms with Crippen LogP contribution in [0.5, 0.6) is 0 Å². The Labute approximate surface area is 207 Å². The molecule has 36 heavy (non-hydrogen) atoms. The number of anilines is 1. The highest BCUT2D eigenvalue weighted by molar-refractivity contribution is 6.03. The highest BCUT2D eigenvalue weighted by Gasteiger charge is 2.30. The van der Waals surface area contributed by atoms with Crippen LogP contribution in [0, 0.1) is 17.5 Å². The van der Waals surface area contributed by atoms with Crippen molar-refractivity contribution in [1.82, 2.24) is 9.88 Å². The number of hydrogen-bond donors (Lipinski definition) is 1. The van der Waals surface area contributed by atoms with Crippen molar-refractivity contribution in [2.45, 2.75) is 5.92 Å². The molecule has 0 aliphatic carbocycles. The number of carbonyl (C=O) groups is 1. The van der Waals surface area contributed by atoms with Gasteiger partial charge in [0.2, 0.25) is 5.91 Å². The number of benzene rings is 3. The molecule has 1 aromatic heterocycles. The van der Waals surface area contributed by atoms with Gasteiger partial charge in [0.05, 0.1) is 11.4 Å². The molecule has 1 unspecified atom stereocenters. The molecule has 1 amide bonds. The second-order valence-electron chi connectivity index (χ2n) is 9.04. The van der Waals surface area contributed by atoms with Crippen LogP contribution in [0.4, 0.5) is 18.9 Å². The Morgan fingerprint density at radius 2 is 1.53 bits per heavy atom. The quantitative estimate of drug-likeness (QED) is 0.441. The van der Waals surface area contributed by atoms with Crippen molar-refractivity contribution < 1.29 is 18.0 Å². The number of nitrogens with zero attached hydrogens (tertiary/aromatic N) is 3. The highest BCUT2D eigenvalue weighted by atomic mass is 19.1. The fraction of sp³-hybridized carbons (Fsp3) is 0.214. The van der Waals surface area contributed by atoms with Gasteiger partial charge in [-0.25, -0.2) is 13.2 Å². The summed E-state index contributed by atoms with van der Waals surface area (Å²) in [5, 5.41) is 1.55. The molecular formula is C28H25F3N4O. The number of hydrogen-bond acceptors (Lipinski definition) is 4. The molecule has 2 heterocycles. The summed E-state index contributed by atoms with van der Waals surface area (Å²) in [6.45, 7) is 3.34. The van der Waals surface area contributed by atoms with E-state index in [1.54, 1.807) is 18.2 Å². The van der Waals surface area contributed by atoms with Gasteiger partial charge in [0.1, 0.15) is 23.4 Å². The smallest absolute Gasteiger partial charge is 0.231 e. The maximum absolute atomic E-state index is 14.8. The zero-order valence-electron chi connectivity index (χ0n) is 19.7. The van der Waals surface area contributed by atoms with Crippen molar-refractivity contribution in [1.29, 1.82) is 0 Å². The van der Waals surface area contributed by atoms with Gasteiger partial charge in [-0.1, -0.05) is 18.2 Å². The van der Waals surface area contributed by atoms with Crippen LogP contribution < -0.4 is 10.6 Å². The van der Waals surface area contributed by atoms with Crippen LogP contribution >= 0.6 is 0 Å². The molecule has 1 atom stereocenters. The largest absolute Gasteiger partial charge is 0.369 e. The van der Waals surface area contributed by atoms with Gasteiger partial charge in [-0.15, -0.1) is 0 Å². The van der Waals surface area contributed by atoms with Crippen LogP contribution in [0.2, 0.25) is 0 Å². The van der Waals surface area contributed by atoms with Crippen LogP contribution in [0.25, 0.3) is 22.0 Å². The number of rotatable bonds is 5. The van der Waals surface area contributed by atoms with E-state index in [1.807, 2.05) is 18.2 Å². The number of halogens is 3. The molecule has 5 rings (SSSR count). The lowest BCUT2D eigenvalue weighted by Gasteiger charge is -2.35. The summed E-state index contributed by atoms with van der Waals surface area (Å²) in [6, 6.07) is 16.7. The Balaban J connectivity index is 1.78. The van der Waals surface area contributed by atoms with Gasteiger partial charge in [-0.05, 0) is 55.6 Å². The normalized spacial score (nSPS) is 15.3. The van der Waals surface area contributed by atoms with E-state index in [-0.39, 0.29) is 5.69 Å². The number of nitrogens with two attached hydrogens (primary N) is 1. The van der Waals surface area contributed by atoms with Crippen molar-refractivity contribution in [3.05, 3.63) is 95.4 Å². The van der Waals surface area contributed by atoms with E-state index in [9.17, 15) is 18.0 Å². The lowest BCUT2D eigenvalue weighted by Crippen LogP contribution is -2.44. The first-order valence-corrected chi connectivity index (χ1v) is 11.7. The average Bonchev–Trinajstić information content (AvgIpc) is 2.86. The first-order chi connectivity index (χ1) is 17.3. The van der Waals surface area contributed by atoms with Crippen LogP contribution in [-0.2, 0) is 4.79 Å². The molecule has 1 fully saturated rings. The van der Waals surface area contributed by atoms with Crippen molar-refractivity contribution in [2.75, 3.05) is 38.1 Å². The third kappa shape index (κ3) is 4.40. The summed E-state index contributed by atoms with van der Waals surface area (Å²) in [4.78, 5) is 21.8. The average molecular weight is 491 g/mol. The number of carbonyl (C=O) groups excluding carboxylic acids is 1. The molecule has 5 nitrogen and oxygen atoms in total. The van der Waals surface area contributed by atoms with E-state index in [0.717, 1.165) is 54.8 Å². The molecule has 1 saturated heterocycles. The van der Waals surface area contributed by atoms with Gasteiger partial charge in [0, 0.05) is 53.8 Å². The molecule has 2 N–H and O–H groups in total. The second-order valence-corrected chi connectivity index (χ2v) is 9.04. The summed E-state index contributed by atoms with van der Waals surface area (Å²) in [5.41, 5.74) is 7.39. The summed E-state index contributed by atoms with van der Waals surface area (Å²) in [7, 11) is 2.06. The molecule has 3 aromatic carbocycles. The summed E-state index contributed by atoms with van der Waals surface area (Å²) >= 11 is 0. The molecule has 8 heteroatoms. The van der Waals surface area contributed by atoms with Crippen molar-refractivity contribution >= 4 is 22.4 Å². The lowest BCUT2D eigenvalue weighted by atomic mass is 9.91. The third-order valence-corrected chi connectivity index (χ3v) is 6.70. The molecule has 4 aromatic rings. The molecule has 1 aliphatic heterocycles. The Morgan fingerprint density at radius 1 is 0.889 bits per heavy atom. The molecule has 0 saturated carbocycles. The monoisotopic (exact) mass is 490 g/mol. The summed E-state index contributed by atoms with van der Waals surface area (Å²) in [6.07, 6.45) is 0. The zero-order valence-corrected chi connectivity index (χ0v) is 19.7. The Kier molecular flexibility index (Phi) is 6.36. The van der Waals surface area contributed by atoms with Crippen molar-refractivity contribution in [3.63, 3.8) is 0 Å². The first kappa shape index (κ1) is 23.8. The van der Waals surface area contributed by atoms with E-state index < -0.39 is 34.8 Å². The number of likely N-dealkylation sites (N-methyl/N-ethyl adjacent to an activating group) is 1. The van der Waals surface area contributed by atoms with Crippen LogP contribution in [-0.4, -0.2) is 49.0 Å². The van der Waals surface area contributed by atoms with Crippen LogP contribution in [0.15, 0.2) is 66.7 Å². The summed E-state index contributed by atoms with van der Waals surface area (Å²) < 4.78 is 43.3. The standard InChI is InChI=1S/C28H25F3N4O/c1-34-12-14-35(15-13-34)24-7-2-4-19-20(24)16-23(33-27(19)17-8-10-18(29)11-9-17)26(28(32)36)25-21(30)5-3-6-22(25)31/h2-11,16,26H,12-15H2,1H3,(H2,32,36). The number of amides is 1. The predicted octanol–water partition coefficient (Wildman–Crippen LogP) is 4.69. The number of primary amides is 1. The minimum atomic E-state index is -1.45. The minimum absolute atomic E-state index is 0.125. The number of piperazine rings is 1. The van der Waals surface area contributed by atoms with Gasteiger partial charge < -0.3 is 15.5 Å². The van der Waals surface area contributed by atoms with E-state index in [0.29, 0.717) is 11.3 Å². The number of pyridine rings is 1. The Morgan fingerprint density at radius 3 is 2.17 bits per heavy atom. The minimum Gasteiger partial charge on any atom is -0.369 e. The van der Waals surface area contributed by atoms with Gasteiger partial charge in [0.15, 0.2) is 0 Å². The Hall–Kier alpha value is -3.91. The van der Waals surface area contributed by atoms with Gasteiger partial charge >= 0.3 is 0 Å². The molecule has 0 radical (unpaired) electrons. The van der Waals surface area contributed by atoms with Gasteiger partial charge in [-0.3, -0.25) is 9.78 Å². The van der Waals surface area contributed by atoms with E-state index >= 15 is 0 Å².